The fourth-order valence-corrected chi connectivity index (χ4v) is 2.80. The Balaban J connectivity index is 2.28. The van der Waals surface area contributed by atoms with E-state index < -0.39 is 5.82 Å². The fraction of sp³-hybridized carbons (Fsp3) is 0.417. The van der Waals surface area contributed by atoms with Gasteiger partial charge in [-0.15, -0.1) is 0 Å². The van der Waals surface area contributed by atoms with Gasteiger partial charge in [0.2, 0.25) is 0 Å². The zero-order valence-electron chi connectivity index (χ0n) is 9.55. The lowest BCUT2D eigenvalue weighted by molar-refractivity contribution is 0.545. The maximum atomic E-state index is 13.4. The van der Waals surface area contributed by atoms with Crippen molar-refractivity contribution in [3.63, 3.8) is 0 Å². The highest BCUT2D eigenvalue weighted by molar-refractivity contribution is 7.71. The molecule has 1 aliphatic carbocycles. The quantitative estimate of drug-likeness (QED) is 0.759. The van der Waals surface area contributed by atoms with Gasteiger partial charge >= 0.3 is 0 Å². The lowest BCUT2D eigenvalue weighted by atomic mass is 10.2. The number of aromatic nitrogens is 2. The Labute approximate surface area is 108 Å². The summed E-state index contributed by atoms with van der Waals surface area (Å²) in [6, 6.07) is 3.43. The van der Waals surface area contributed by atoms with E-state index in [2.05, 4.69) is 23.4 Å². The van der Waals surface area contributed by atoms with Crippen LogP contribution in [-0.2, 0) is 0 Å². The third kappa shape index (κ3) is 1.62. The third-order valence-corrected chi connectivity index (χ3v) is 4.12. The second-order valence-electron chi connectivity index (χ2n) is 5.29. The number of rotatable bonds is 1. The first-order valence-electron chi connectivity index (χ1n) is 5.49. The summed E-state index contributed by atoms with van der Waals surface area (Å²) in [5.41, 5.74) is 1.85. The highest BCUT2D eigenvalue weighted by Gasteiger charge is 2.47. The zero-order valence-corrected chi connectivity index (χ0v) is 11.1. The van der Waals surface area contributed by atoms with Gasteiger partial charge in [-0.3, -0.25) is 0 Å². The Morgan fingerprint density at radius 1 is 1.53 bits per heavy atom. The molecule has 1 heterocycles. The van der Waals surface area contributed by atoms with Crippen molar-refractivity contribution in [1.82, 2.24) is 9.55 Å². The summed E-state index contributed by atoms with van der Waals surface area (Å²) in [4.78, 5) is 3.03. The smallest absolute Gasteiger partial charge is 0.178 e. The number of halogens is 2. The molecule has 0 saturated heterocycles. The molecule has 0 aliphatic heterocycles. The summed E-state index contributed by atoms with van der Waals surface area (Å²) in [5.74, 6) is -0.419. The van der Waals surface area contributed by atoms with Gasteiger partial charge in [0.1, 0.15) is 5.82 Å². The molecule has 1 aromatic heterocycles. The number of nitrogens with one attached hydrogen (secondary N) is 1. The summed E-state index contributed by atoms with van der Waals surface area (Å²) < 4.78 is 16.1. The van der Waals surface area contributed by atoms with E-state index in [0.29, 0.717) is 16.3 Å². The van der Waals surface area contributed by atoms with Gasteiger partial charge < -0.3 is 9.55 Å². The number of aromatic amines is 1. The number of hydrogen-bond acceptors (Lipinski definition) is 1. The molecule has 0 spiro atoms. The number of imidazole rings is 1. The number of hydrogen-bond donors (Lipinski definition) is 1. The monoisotopic (exact) mass is 270 g/mol. The Kier molecular flexibility index (Phi) is 2.20. The van der Waals surface area contributed by atoms with Crippen LogP contribution in [0.2, 0.25) is 5.02 Å². The molecule has 2 aromatic rings. The lowest BCUT2D eigenvalue weighted by Crippen LogP contribution is -2.00. The molecule has 0 bridgehead atoms. The van der Waals surface area contributed by atoms with Gasteiger partial charge in [-0.05, 0) is 30.1 Å². The van der Waals surface area contributed by atoms with Crippen molar-refractivity contribution in [2.24, 2.45) is 5.41 Å². The van der Waals surface area contributed by atoms with Gasteiger partial charge in [0.05, 0.1) is 16.1 Å². The summed E-state index contributed by atoms with van der Waals surface area (Å²) >= 11 is 11.1. The Bertz CT molecular complexity index is 671. The molecular formula is C12H12ClFN2S. The Morgan fingerprint density at radius 3 is 2.76 bits per heavy atom. The lowest BCUT2D eigenvalue weighted by Gasteiger charge is -2.06. The van der Waals surface area contributed by atoms with Gasteiger partial charge in [0.15, 0.2) is 4.77 Å². The van der Waals surface area contributed by atoms with E-state index in [1.165, 1.54) is 6.07 Å². The van der Waals surface area contributed by atoms with Gasteiger partial charge in [-0.1, -0.05) is 25.4 Å². The molecule has 5 heteroatoms. The Morgan fingerprint density at radius 2 is 2.18 bits per heavy atom. The van der Waals surface area contributed by atoms with Crippen molar-refractivity contribution in [2.75, 3.05) is 0 Å². The molecule has 1 unspecified atom stereocenters. The summed E-state index contributed by atoms with van der Waals surface area (Å²) in [5, 5.41) is 0.138. The van der Waals surface area contributed by atoms with E-state index in [4.69, 9.17) is 23.8 Å². The number of nitrogens with zero attached hydrogens (tertiary/aromatic N) is 1. The minimum absolute atomic E-state index is 0.138. The predicted octanol–water partition coefficient (Wildman–Crippen LogP) is 4.46. The van der Waals surface area contributed by atoms with Gasteiger partial charge in [0.25, 0.3) is 0 Å². The average Bonchev–Trinajstić information content (AvgIpc) is 2.70. The van der Waals surface area contributed by atoms with E-state index >= 15 is 0 Å². The van der Waals surface area contributed by atoms with E-state index in [1.54, 1.807) is 6.07 Å². The zero-order chi connectivity index (χ0) is 12.4. The molecule has 3 rings (SSSR count). The van der Waals surface area contributed by atoms with E-state index in [-0.39, 0.29) is 10.4 Å². The van der Waals surface area contributed by atoms with E-state index in [0.717, 1.165) is 11.9 Å². The molecule has 1 aliphatic rings. The number of benzene rings is 1. The van der Waals surface area contributed by atoms with Crippen molar-refractivity contribution in [3.8, 4) is 0 Å². The fourth-order valence-electron chi connectivity index (χ4n) is 2.31. The second kappa shape index (κ2) is 3.33. The molecule has 2 nitrogen and oxygen atoms in total. The van der Waals surface area contributed by atoms with Crippen LogP contribution in [0, 0.1) is 16.0 Å². The van der Waals surface area contributed by atoms with Crippen LogP contribution in [0.3, 0.4) is 0 Å². The van der Waals surface area contributed by atoms with Crippen LogP contribution < -0.4 is 0 Å². The molecule has 1 saturated carbocycles. The van der Waals surface area contributed by atoms with Crippen molar-refractivity contribution in [1.29, 1.82) is 0 Å². The molecule has 1 N–H and O–H groups in total. The van der Waals surface area contributed by atoms with Crippen LogP contribution >= 0.6 is 23.8 Å². The van der Waals surface area contributed by atoms with Crippen LogP contribution in [0.25, 0.3) is 11.0 Å². The summed E-state index contributed by atoms with van der Waals surface area (Å²) in [7, 11) is 0. The van der Waals surface area contributed by atoms with Crippen LogP contribution in [-0.4, -0.2) is 9.55 Å². The molecular weight excluding hydrogens is 259 g/mol. The molecule has 0 amide bonds. The van der Waals surface area contributed by atoms with Crippen LogP contribution in [0.1, 0.15) is 26.3 Å². The minimum Gasteiger partial charge on any atom is -0.330 e. The highest BCUT2D eigenvalue weighted by atomic mass is 35.5. The average molecular weight is 271 g/mol. The first-order chi connectivity index (χ1) is 7.90. The molecule has 0 radical (unpaired) electrons. The molecule has 90 valence electrons. The predicted molar refractivity (Wildman–Crippen MR) is 69.5 cm³/mol. The first-order valence-corrected chi connectivity index (χ1v) is 6.28. The molecule has 1 aromatic carbocycles. The SMILES string of the molecule is CC1(C)CC1n1c(=S)[nH]c2cc(F)c(Cl)cc21. The van der Waals surface area contributed by atoms with Crippen molar-refractivity contribution in [3.05, 3.63) is 27.7 Å². The summed E-state index contributed by atoms with van der Waals surface area (Å²) in [6.45, 7) is 4.40. The topological polar surface area (TPSA) is 20.7 Å². The highest BCUT2D eigenvalue weighted by Crippen LogP contribution is 2.56. The first kappa shape index (κ1) is 11.2. The van der Waals surface area contributed by atoms with Crippen molar-refractivity contribution in [2.45, 2.75) is 26.3 Å². The second-order valence-corrected chi connectivity index (χ2v) is 6.09. The maximum Gasteiger partial charge on any atom is 0.178 e. The number of H-pyrrole nitrogens is 1. The number of fused-ring (bicyclic) bond motifs is 1. The Hall–Kier alpha value is -0.870. The molecule has 1 fully saturated rings. The van der Waals surface area contributed by atoms with Crippen molar-refractivity contribution < 1.29 is 4.39 Å². The van der Waals surface area contributed by atoms with Gasteiger partial charge in [0, 0.05) is 12.1 Å². The van der Waals surface area contributed by atoms with Crippen molar-refractivity contribution >= 4 is 34.9 Å². The largest absolute Gasteiger partial charge is 0.330 e. The van der Waals surface area contributed by atoms with Gasteiger partial charge in [-0.25, -0.2) is 4.39 Å². The minimum atomic E-state index is -0.419. The third-order valence-electron chi connectivity index (χ3n) is 3.53. The van der Waals surface area contributed by atoms with E-state index in [9.17, 15) is 4.39 Å². The molecule has 17 heavy (non-hydrogen) atoms. The van der Waals surface area contributed by atoms with Crippen LogP contribution in [0.15, 0.2) is 12.1 Å². The normalized spacial score (nSPS) is 22.0. The van der Waals surface area contributed by atoms with Crippen LogP contribution in [0.4, 0.5) is 4.39 Å². The maximum absolute atomic E-state index is 13.4. The van der Waals surface area contributed by atoms with Crippen LogP contribution in [0.5, 0.6) is 0 Å². The standard InChI is InChI=1S/C12H12ClFN2S/c1-12(2)5-10(12)16-9-3-6(13)7(14)4-8(9)15-11(16)17/h3-4,10H,5H2,1-2H3,(H,15,17). The molecule has 1 atom stereocenters. The summed E-state index contributed by atoms with van der Waals surface area (Å²) in [6.07, 6.45) is 1.09. The van der Waals surface area contributed by atoms with Gasteiger partial charge in [-0.2, -0.15) is 0 Å². The van der Waals surface area contributed by atoms with E-state index in [1.807, 2.05) is 0 Å².